The lowest BCUT2D eigenvalue weighted by Gasteiger charge is -2.19. The van der Waals surface area contributed by atoms with Crippen LogP contribution >= 0.6 is 11.6 Å². The zero-order valence-electron chi connectivity index (χ0n) is 8.28. The summed E-state index contributed by atoms with van der Waals surface area (Å²) in [6, 6.07) is 0. The average Bonchev–Trinajstić information content (AvgIpc) is 2.22. The van der Waals surface area contributed by atoms with Crippen LogP contribution in [0.25, 0.3) is 0 Å². The molecule has 0 saturated carbocycles. The molecule has 0 atom stereocenters. The van der Waals surface area contributed by atoms with Gasteiger partial charge in [-0.3, -0.25) is 0 Å². The molecule has 2 nitrogen and oxygen atoms in total. The van der Waals surface area contributed by atoms with Crippen molar-refractivity contribution >= 4 is 11.6 Å². The van der Waals surface area contributed by atoms with Crippen LogP contribution in [0, 0.1) is 5.95 Å². The highest BCUT2D eigenvalue weighted by Gasteiger charge is 2.41. The fourth-order valence-corrected chi connectivity index (χ4v) is 1.31. The smallest absolute Gasteiger partial charge is 0.232 e. The molecule has 0 radical (unpaired) electrons. The Hall–Kier alpha value is -0.780. The second-order valence-corrected chi connectivity index (χ2v) is 4.40. The Morgan fingerprint density at radius 3 is 1.87 bits per heavy atom. The maximum Gasteiger partial charge on any atom is 0.423 e. The van der Waals surface area contributed by atoms with Crippen LogP contribution in [0.3, 0.4) is 0 Å². The molecule has 0 spiro atoms. The molecule has 0 fully saturated rings. The molecule has 0 saturated heterocycles. The number of alkyl halides is 3. The Kier molecular flexibility index (Phi) is 2.76. The molecule has 0 aromatic carbocycles. The number of rotatable bonds is 0. The van der Waals surface area contributed by atoms with Crippen LogP contribution in [0.4, 0.5) is 17.6 Å². The lowest BCUT2D eigenvalue weighted by molar-refractivity contribution is -0.140. The van der Waals surface area contributed by atoms with Crippen molar-refractivity contribution in [3.05, 3.63) is 16.7 Å². The van der Waals surface area contributed by atoms with Crippen molar-refractivity contribution in [1.82, 2.24) is 9.78 Å². The largest absolute Gasteiger partial charge is 0.423 e. The van der Waals surface area contributed by atoms with Gasteiger partial charge in [-0.25, -0.2) is 4.68 Å². The molecule has 0 amide bonds. The maximum absolute atomic E-state index is 13.4. The van der Waals surface area contributed by atoms with E-state index in [0.29, 0.717) is 4.68 Å². The van der Waals surface area contributed by atoms with E-state index in [9.17, 15) is 17.6 Å². The number of hydrogen-bond acceptors (Lipinski definition) is 1. The summed E-state index contributed by atoms with van der Waals surface area (Å²) in [5.74, 6) is -1.46. The predicted molar refractivity (Wildman–Crippen MR) is 47.2 cm³/mol. The fourth-order valence-electron chi connectivity index (χ4n) is 1.05. The Morgan fingerprint density at radius 2 is 1.67 bits per heavy atom. The van der Waals surface area contributed by atoms with Gasteiger partial charge >= 0.3 is 6.18 Å². The molecule has 0 aliphatic heterocycles. The van der Waals surface area contributed by atoms with Crippen LogP contribution in [0.2, 0.25) is 5.15 Å². The average molecular weight is 245 g/mol. The van der Waals surface area contributed by atoms with Crippen LogP contribution in [0.1, 0.15) is 26.3 Å². The molecule has 1 rings (SSSR count). The highest BCUT2D eigenvalue weighted by molar-refractivity contribution is 6.30. The molecular formula is C8H9ClF4N2. The lowest BCUT2D eigenvalue weighted by atomic mass is 10.1. The van der Waals surface area contributed by atoms with E-state index in [1.807, 2.05) is 0 Å². The zero-order chi connectivity index (χ0) is 12.0. The summed E-state index contributed by atoms with van der Waals surface area (Å²) < 4.78 is 51.0. The monoisotopic (exact) mass is 244 g/mol. The van der Waals surface area contributed by atoms with Crippen LogP contribution in [0.5, 0.6) is 0 Å². The van der Waals surface area contributed by atoms with Gasteiger partial charge in [-0.05, 0) is 20.8 Å². The van der Waals surface area contributed by atoms with Gasteiger partial charge in [0.15, 0.2) is 5.15 Å². The lowest BCUT2D eigenvalue weighted by Crippen LogP contribution is -2.25. The highest BCUT2D eigenvalue weighted by Crippen LogP contribution is 2.37. The van der Waals surface area contributed by atoms with E-state index in [1.165, 1.54) is 20.8 Å². The van der Waals surface area contributed by atoms with E-state index < -0.39 is 28.4 Å². The topological polar surface area (TPSA) is 17.8 Å². The van der Waals surface area contributed by atoms with E-state index in [1.54, 1.807) is 0 Å². The molecule has 15 heavy (non-hydrogen) atoms. The first kappa shape index (κ1) is 12.3. The molecule has 0 unspecified atom stereocenters. The van der Waals surface area contributed by atoms with E-state index in [-0.39, 0.29) is 0 Å². The van der Waals surface area contributed by atoms with Gasteiger partial charge in [-0.15, -0.1) is 0 Å². The van der Waals surface area contributed by atoms with Crippen molar-refractivity contribution in [2.75, 3.05) is 0 Å². The molecule has 1 aromatic rings. The van der Waals surface area contributed by atoms with Gasteiger partial charge in [0.05, 0.1) is 5.54 Å². The predicted octanol–water partition coefficient (Wildman–Crippen LogP) is 3.45. The van der Waals surface area contributed by atoms with Gasteiger partial charge in [0.2, 0.25) is 5.95 Å². The molecule has 0 bridgehead atoms. The third kappa shape index (κ3) is 2.25. The summed E-state index contributed by atoms with van der Waals surface area (Å²) in [5.41, 5.74) is -2.41. The van der Waals surface area contributed by atoms with Gasteiger partial charge in [-0.2, -0.15) is 22.7 Å². The zero-order valence-corrected chi connectivity index (χ0v) is 9.04. The van der Waals surface area contributed by atoms with E-state index in [4.69, 9.17) is 11.6 Å². The van der Waals surface area contributed by atoms with Crippen LogP contribution < -0.4 is 0 Å². The van der Waals surface area contributed by atoms with Crippen molar-refractivity contribution < 1.29 is 17.6 Å². The van der Waals surface area contributed by atoms with E-state index in [2.05, 4.69) is 5.10 Å². The molecule has 0 N–H and O–H groups in total. The summed E-state index contributed by atoms with van der Waals surface area (Å²) in [6.45, 7) is 4.58. The Balaban J connectivity index is 3.41. The van der Waals surface area contributed by atoms with Gasteiger partial charge in [0.25, 0.3) is 0 Å². The summed E-state index contributed by atoms with van der Waals surface area (Å²) in [4.78, 5) is 0. The molecule has 0 aliphatic carbocycles. The fraction of sp³-hybridized carbons (Fsp3) is 0.625. The summed E-state index contributed by atoms with van der Waals surface area (Å²) in [6.07, 6.45) is -4.83. The van der Waals surface area contributed by atoms with Crippen molar-refractivity contribution in [3.8, 4) is 0 Å². The van der Waals surface area contributed by atoms with Crippen molar-refractivity contribution in [2.45, 2.75) is 32.5 Å². The molecule has 1 aromatic heterocycles. The van der Waals surface area contributed by atoms with Gasteiger partial charge < -0.3 is 0 Å². The molecule has 7 heteroatoms. The van der Waals surface area contributed by atoms with E-state index in [0.717, 1.165) is 0 Å². The Morgan fingerprint density at radius 1 is 1.20 bits per heavy atom. The van der Waals surface area contributed by atoms with Crippen molar-refractivity contribution in [2.24, 2.45) is 0 Å². The van der Waals surface area contributed by atoms with Crippen molar-refractivity contribution in [1.29, 1.82) is 0 Å². The van der Waals surface area contributed by atoms with Crippen LogP contribution in [-0.4, -0.2) is 9.78 Å². The minimum Gasteiger partial charge on any atom is -0.232 e. The van der Waals surface area contributed by atoms with Gasteiger partial charge in [0.1, 0.15) is 5.56 Å². The number of hydrogen-bond donors (Lipinski definition) is 0. The quantitative estimate of drug-likeness (QED) is 0.639. The van der Waals surface area contributed by atoms with Crippen LogP contribution in [0.15, 0.2) is 0 Å². The second-order valence-electron chi connectivity index (χ2n) is 4.04. The summed E-state index contributed by atoms with van der Waals surface area (Å²) in [7, 11) is 0. The number of aromatic nitrogens is 2. The SMILES string of the molecule is CC(C)(C)n1nc(Cl)c(C(F)(F)F)c1F. The number of halogens is 5. The maximum atomic E-state index is 13.4. The first-order chi connectivity index (χ1) is 6.55. The second kappa shape index (κ2) is 3.37. The van der Waals surface area contributed by atoms with Crippen LogP contribution in [-0.2, 0) is 11.7 Å². The molecule has 1 heterocycles. The first-order valence-corrected chi connectivity index (χ1v) is 4.44. The Bertz CT molecular complexity index is 375. The van der Waals surface area contributed by atoms with Crippen molar-refractivity contribution in [3.63, 3.8) is 0 Å². The number of nitrogens with zero attached hydrogens (tertiary/aromatic N) is 2. The molecule has 0 aliphatic rings. The first-order valence-electron chi connectivity index (χ1n) is 4.07. The minimum atomic E-state index is -4.83. The molecular weight excluding hydrogens is 236 g/mol. The normalized spacial score (nSPS) is 13.3. The van der Waals surface area contributed by atoms with E-state index >= 15 is 0 Å². The van der Waals surface area contributed by atoms with Gasteiger partial charge in [0, 0.05) is 0 Å². The minimum absolute atomic E-state index is 0.623. The Labute approximate surface area is 88.8 Å². The summed E-state index contributed by atoms with van der Waals surface area (Å²) in [5, 5.41) is 2.47. The standard InChI is InChI=1S/C8H9ClF4N2/c1-7(2,3)15-6(10)4(5(9)14-15)8(11,12)13/h1-3H3. The third-order valence-corrected chi connectivity index (χ3v) is 1.97. The summed E-state index contributed by atoms with van der Waals surface area (Å²) >= 11 is 5.25. The van der Waals surface area contributed by atoms with Gasteiger partial charge in [-0.1, -0.05) is 11.6 Å². The highest BCUT2D eigenvalue weighted by atomic mass is 35.5. The molecule has 86 valence electrons. The third-order valence-electron chi connectivity index (χ3n) is 1.71.